The molecule has 0 fully saturated rings. The van der Waals surface area contributed by atoms with E-state index in [0.29, 0.717) is 5.92 Å². The Bertz CT molecular complexity index is 182. The van der Waals surface area contributed by atoms with Gasteiger partial charge >= 0.3 is 0 Å². The molecule has 0 rings (SSSR count). The molecule has 0 radical (unpaired) electrons. The largest absolute Gasteiger partial charge is 0.416 e. The van der Waals surface area contributed by atoms with Gasteiger partial charge in [0.15, 0.2) is 8.32 Å². The monoisotopic (exact) mass is 215 g/mol. The fourth-order valence-electron chi connectivity index (χ4n) is 1.24. The second-order valence-electron chi connectivity index (χ2n) is 5.18. The van der Waals surface area contributed by atoms with E-state index in [0.717, 1.165) is 19.6 Å². The van der Waals surface area contributed by atoms with Crippen molar-refractivity contribution in [1.82, 2.24) is 0 Å². The van der Waals surface area contributed by atoms with Crippen LogP contribution in [0.5, 0.6) is 0 Å². The highest BCUT2D eigenvalue weighted by atomic mass is 28.4. The Balaban J connectivity index is 3.61. The Kier molecular flexibility index (Phi) is 6.28. The van der Waals surface area contributed by atoms with Gasteiger partial charge in [-0.25, -0.2) is 0 Å². The molecule has 0 amide bonds. The molecule has 0 unspecified atom stereocenters. The molecule has 2 nitrogen and oxygen atoms in total. The van der Waals surface area contributed by atoms with Gasteiger partial charge in [-0.3, -0.25) is 4.99 Å². The van der Waals surface area contributed by atoms with Gasteiger partial charge in [0.05, 0.1) is 13.2 Å². The molecule has 0 aromatic heterocycles. The van der Waals surface area contributed by atoms with Crippen molar-refractivity contribution < 1.29 is 4.43 Å². The van der Waals surface area contributed by atoms with E-state index >= 15 is 0 Å². The maximum atomic E-state index is 5.72. The molecule has 0 aromatic carbocycles. The van der Waals surface area contributed by atoms with Gasteiger partial charge < -0.3 is 4.43 Å². The minimum Gasteiger partial charge on any atom is -0.416 e. The summed E-state index contributed by atoms with van der Waals surface area (Å²) in [6.45, 7) is 14.8. The molecule has 0 heterocycles. The molecule has 0 bridgehead atoms. The van der Waals surface area contributed by atoms with Gasteiger partial charge in [-0.05, 0) is 38.9 Å². The van der Waals surface area contributed by atoms with Gasteiger partial charge in [0.2, 0.25) is 0 Å². The van der Waals surface area contributed by atoms with Crippen molar-refractivity contribution in [1.29, 1.82) is 0 Å². The fraction of sp³-hybridized carbons (Fsp3) is 0.909. The normalized spacial score (nSPS) is 13.8. The molecule has 0 saturated heterocycles. The molecule has 0 atom stereocenters. The highest BCUT2D eigenvalue weighted by molar-refractivity contribution is 6.69. The average Bonchev–Trinajstić information content (AvgIpc) is 1.95. The lowest BCUT2D eigenvalue weighted by Gasteiger charge is -2.16. The molecule has 84 valence electrons. The first-order valence-electron chi connectivity index (χ1n) is 5.45. The summed E-state index contributed by atoms with van der Waals surface area (Å²) in [5.41, 5.74) is 1.25. The van der Waals surface area contributed by atoms with E-state index in [2.05, 4.69) is 45.4 Å². The van der Waals surface area contributed by atoms with E-state index in [9.17, 15) is 0 Å². The van der Waals surface area contributed by atoms with Crippen LogP contribution >= 0.6 is 0 Å². The first kappa shape index (κ1) is 13.8. The Morgan fingerprint density at radius 1 is 1.29 bits per heavy atom. The Hall–Kier alpha value is -0.153. The maximum Gasteiger partial charge on any atom is 0.183 e. The number of rotatable bonds is 6. The number of aliphatic imine (C=N–C) groups is 1. The zero-order valence-electron chi connectivity index (χ0n) is 10.6. The molecule has 14 heavy (non-hydrogen) atoms. The van der Waals surface area contributed by atoms with E-state index in [-0.39, 0.29) is 0 Å². The molecule has 0 aromatic rings. The van der Waals surface area contributed by atoms with Crippen LogP contribution in [0.2, 0.25) is 19.6 Å². The van der Waals surface area contributed by atoms with Crippen molar-refractivity contribution >= 4 is 14.0 Å². The van der Waals surface area contributed by atoms with Crippen LogP contribution in [-0.4, -0.2) is 27.2 Å². The van der Waals surface area contributed by atoms with E-state index < -0.39 is 8.32 Å². The van der Waals surface area contributed by atoms with E-state index in [1.807, 2.05) is 0 Å². The third-order valence-corrected chi connectivity index (χ3v) is 2.78. The minimum absolute atomic E-state index is 0.705. The molecular weight excluding hydrogens is 190 g/mol. The molecule has 0 saturated carbocycles. The van der Waals surface area contributed by atoms with Crippen LogP contribution in [0.25, 0.3) is 0 Å². The zero-order chi connectivity index (χ0) is 11.2. The smallest absolute Gasteiger partial charge is 0.183 e. The Morgan fingerprint density at radius 2 is 1.86 bits per heavy atom. The summed E-state index contributed by atoms with van der Waals surface area (Å²) >= 11 is 0. The van der Waals surface area contributed by atoms with Gasteiger partial charge in [0.1, 0.15) is 0 Å². The summed E-state index contributed by atoms with van der Waals surface area (Å²) in [6, 6.07) is 0. The highest BCUT2D eigenvalue weighted by Gasteiger charge is 2.12. The van der Waals surface area contributed by atoms with E-state index in [1.165, 1.54) is 5.71 Å². The third kappa shape index (κ3) is 9.93. The maximum absolute atomic E-state index is 5.72. The average molecular weight is 215 g/mol. The molecule has 0 N–H and O–H groups in total. The fourth-order valence-corrected chi connectivity index (χ4v) is 1.95. The van der Waals surface area contributed by atoms with Crippen LogP contribution < -0.4 is 0 Å². The van der Waals surface area contributed by atoms with Crippen molar-refractivity contribution in [3.8, 4) is 0 Å². The second kappa shape index (κ2) is 6.35. The SMILES string of the molecule is CC(CC(C)C)=NCCO[Si](C)(C)C. The van der Waals surface area contributed by atoms with Crippen molar-refractivity contribution in [2.75, 3.05) is 13.2 Å². The van der Waals surface area contributed by atoms with Gasteiger partial charge in [0, 0.05) is 5.71 Å². The van der Waals surface area contributed by atoms with Crippen LogP contribution in [0, 0.1) is 5.92 Å². The molecule has 0 spiro atoms. The Labute approximate surface area is 89.9 Å². The van der Waals surface area contributed by atoms with Crippen LogP contribution in [0.3, 0.4) is 0 Å². The quantitative estimate of drug-likeness (QED) is 0.378. The predicted molar refractivity (Wildman–Crippen MR) is 66.7 cm³/mol. The molecule has 0 aliphatic rings. The summed E-state index contributed by atoms with van der Waals surface area (Å²) < 4.78 is 5.72. The van der Waals surface area contributed by atoms with Crippen LogP contribution in [0.15, 0.2) is 4.99 Å². The third-order valence-electron chi connectivity index (χ3n) is 1.71. The minimum atomic E-state index is -1.33. The van der Waals surface area contributed by atoms with Crippen LogP contribution in [-0.2, 0) is 4.43 Å². The van der Waals surface area contributed by atoms with Crippen molar-refractivity contribution in [2.45, 2.75) is 46.8 Å². The second-order valence-corrected chi connectivity index (χ2v) is 9.69. The molecular formula is C11H25NOSi. The topological polar surface area (TPSA) is 21.6 Å². The van der Waals surface area contributed by atoms with Crippen molar-refractivity contribution in [3.05, 3.63) is 0 Å². The number of hydrogen-bond acceptors (Lipinski definition) is 2. The van der Waals surface area contributed by atoms with Gasteiger partial charge in [-0.1, -0.05) is 13.8 Å². The lowest BCUT2D eigenvalue weighted by Crippen LogP contribution is -2.26. The molecule has 0 aliphatic heterocycles. The summed E-state index contributed by atoms with van der Waals surface area (Å²) in [4.78, 5) is 4.48. The lowest BCUT2D eigenvalue weighted by molar-refractivity contribution is 0.322. The highest BCUT2D eigenvalue weighted by Crippen LogP contribution is 2.03. The van der Waals surface area contributed by atoms with Crippen LogP contribution in [0.4, 0.5) is 0 Å². The summed E-state index contributed by atoms with van der Waals surface area (Å²) in [5.74, 6) is 0.705. The van der Waals surface area contributed by atoms with Gasteiger partial charge in [-0.15, -0.1) is 0 Å². The van der Waals surface area contributed by atoms with E-state index in [1.54, 1.807) is 0 Å². The standard InChI is InChI=1S/C11H25NOSi/c1-10(2)9-11(3)12-7-8-13-14(4,5)6/h10H,7-9H2,1-6H3. The summed E-state index contributed by atoms with van der Waals surface area (Å²) in [7, 11) is -1.33. The number of nitrogens with zero attached hydrogens (tertiary/aromatic N) is 1. The first-order valence-corrected chi connectivity index (χ1v) is 8.86. The van der Waals surface area contributed by atoms with Crippen molar-refractivity contribution in [3.63, 3.8) is 0 Å². The molecule has 0 aliphatic carbocycles. The van der Waals surface area contributed by atoms with E-state index in [4.69, 9.17) is 4.43 Å². The lowest BCUT2D eigenvalue weighted by atomic mass is 10.1. The van der Waals surface area contributed by atoms with Gasteiger partial charge in [0.25, 0.3) is 0 Å². The predicted octanol–water partition coefficient (Wildman–Crippen LogP) is 3.34. The zero-order valence-corrected chi connectivity index (χ0v) is 11.6. The first-order chi connectivity index (χ1) is 6.31. The summed E-state index contributed by atoms with van der Waals surface area (Å²) in [6.07, 6.45) is 1.10. The summed E-state index contributed by atoms with van der Waals surface area (Å²) in [5, 5.41) is 0. The Morgan fingerprint density at radius 3 is 2.29 bits per heavy atom. The molecule has 3 heteroatoms. The van der Waals surface area contributed by atoms with Crippen LogP contribution in [0.1, 0.15) is 27.2 Å². The number of hydrogen-bond donors (Lipinski definition) is 0. The van der Waals surface area contributed by atoms with Gasteiger partial charge in [-0.2, -0.15) is 0 Å². The van der Waals surface area contributed by atoms with Crippen molar-refractivity contribution in [2.24, 2.45) is 10.9 Å².